The van der Waals surface area contributed by atoms with Crippen LogP contribution < -0.4 is 5.32 Å². The number of nitrogens with zero attached hydrogens (tertiary/aromatic N) is 2. The minimum absolute atomic E-state index is 0.589. The molecule has 2 heterocycles. The van der Waals surface area contributed by atoms with Gasteiger partial charge in [-0.15, -0.1) is 0 Å². The van der Waals surface area contributed by atoms with Gasteiger partial charge >= 0.3 is 0 Å². The van der Waals surface area contributed by atoms with Gasteiger partial charge in [0.2, 0.25) is 0 Å². The van der Waals surface area contributed by atoms with Crippen LogP contribution in [0.2, 0.25) is 0 Å². The summed E-state index contributed by atoms with van der Waals surface area (Å²) in [6.07, 6.45) is 0. The Morgan fingerprint density at radius 2 is 2.20 bits per heavy atom. The maximum absolute atomic E-state index is 4.42. The highest BCUT2D eigenvalue weighted by Crippen LogP contribution is 2.23. The second-order valence-electron chi connectivity index (χ2n) is 3.78. The fourth-order valence-electron chi connectivity index (χ4n) is 1.48. The third-order valence-corrected chi connectivity index (χ3v) is 3.28. The van der Waals surface area contributed by atoms with Crippen LogP contribution in [0.15, 0.2) is 17.1 Å². The molecule has 1 atom stereocenters. The van der Waals surface area contributed by atoms with Crippen LogP contribution in [0.5, 0.6) is 0 Å². The molecule has 1 N–H and O–H groups in total. The normalized spacial score (nSPS) is 20.2. The first-order valence-electron chi connectivity index (χ1n) is 5.07. The lowest BCUT2D eigenvalue weighted by Crippen LogP contribution is -2.08. The van der Waals surface area contributed by atoms with Gasteiger partial charge in [0, 0.05) is 10.9 Å². The molecule has 80 valence electrons. The van der Waals surface area contributed by atoms with Crippen molar-refractivity contribution in [1.29, 1.82) is 0 Å². The predicted octanol–water partition coefficient (Wildman–Crippen LogP) is 2.60. The average molecular weight is 221 g/mol. The second kappa shape index (κ2) is 4.23. The van der Waals surface area contributed by atoms with Crippen LogP contribution in [0.4, 0.5) is 5.69 Å². The molecule has 1 aliphatic heterocycles. The number of aliphatic imine (C=N–C) groups is 1. The molecule has 1 aromatic heterocycles. The minimum Gasteiger partial charge on any atom is -0.333 e. The van der Waals surface area contributed by atoms with Crippen LogP contribution in [0.25, 0.3) is 0 Å². The number of hydrogen-bond acceptors (Lipinski definition) is 4. The van der Waals surface area contributed by atoms with Crippen LogP contribution >= 0.6 is 11.8 Å². The third kappa shape index (κ3) is 2.50. The van der Waals surface area contributed by atoms with E-state index in [0.29, 0.717) is 5.25 Å². The number of thioether (sulfide) groups is 1. The van der Waals surface area contributed by atoms with Crippen LogP contribution in [-0.4, -0.2) is 21.9 Å². The first-order chi connectivity index (χ1) is 7.15. The van der Waals surface area contributed by atoms with Gasteiger partial charge in [-0.3, -0.25) is 9.98 Å². The van der Waals surface area contributed by atoms with Crippen molar-refractivity contribution < 1.29 is 0 Å². The molecule has 1 unspecified atom stereocenters. The summed E-state index contributed by atoms with van der Waals surface area (Å²) in [5.74, 6) is 0. The predicted molar refractivity (Wildman–Crippen MR) is 66.7 cm³/mol. The number of pyridine rings is 1. The molecular weight excluding hydrogens is 206 g/mol. The molecule has 1 aliphatic rings. The van der Waals surface area contributed by atoms with Crippen LogP contribution in [0.1, 0.15) is 18.3 Å². The van der Waals surface area contributed by atoms with E-state index in [9.17, 15) is 0 Å². The van der Waals surface area contributed by atoms with Gasteiger partial charge in [-0.2, -0.15) is 0 Å². The van der Waals surface area contributed by atoms with Crippen molar-refractivity contribution in [2.24, 2.45) is 4.99 Å². The molecule has 2 rings (SSSR count). The van der Waals surface area contributed by atoms with E-state index in [1.807, 2.05) is 19.9 Å². The topological polar surface area (TPSA) is 37.3 Å². The van der Waals surface area contributed by atoms with Gasteiger partial charge in [0.15, 0.2) is 5.17 Å². The summed E-state index contributed by atoms with van der Waals surface area (Å²) in [6.45, 7) is 7.11. The molecule has 0 fully saturated rings. The Labute approximate surface area is 94.4 Å². The summed E-state index contributed by atoms with van der Waals surface area (Å²) in [7, 11) is 0. The van der Waals surface area contributed by atoms with Gasteiger partial charge in [0.25, 0.3) is 0 Å². The van der Waals surface area contributed by atoms with Gasteiger partial charge in [0.1, 0.15) is 0 Å². The van der Waals surface area contributed by atoms with E-state index in [-0.39, 0.29) is 0 Å². The van der Waals surface area contributed by atoms with Crippen molar-refractivity contribution in [3.63, 3.8) is 0 Å². The zero-order valence-electron chi connectivity index (χ0n) is 9.24. The first-order valence-corrected chi connectivity index (χ1v) is 5.95. The van der Waals surface area contributed by atoms with E-state index in [0.717, 1.165) is 28.8 Å². The van der Waals surface area contributed by atoms with Crippen LogP contribution in [0, 0.1) is 13.8 Å². The maximum Gasteiger partial charge on any atom is 0.161 e. The number of amidine groups is 1. The average Bonchev–Trinajstić information content (AvgIpc) is 2.56. The number of aromatic nitrogens is 1. The summed E-state index contributed by atoms with van der Waals surface area (Å²) >= 11 is 1.78. The van der Waals surface area contributed by atoms with Crippen molar-refractivity contribution in [3.8, 4) is 0 Å². The van der Waals surface area contributed by atoms with Crippen molar-refractivity contribution in [2.75, 3.05) is 11.9 Å². The van der Waals surface area contributed by atoms with E-state index in [1.54, 1.807) is 11.8 Å². The fraction of sp³-hybridized carbons (Fsp3) is 0.455. The summed E-state index contributed by atoms with van der Waals surface area (Å²) in [6, 6.07) is 4.07. The molecule has 15 heavy (non-hydrogen) atoms. The number of rotatable bonds is 1. The van der Waals surface area contributed by atoms with Crippen molar-refractivity contribution in [1.82, 2.24) is 4.98 Å². The highest BCUT2D eigenvalue weighted by atomic mass is 32.2. The van der Waals surface area contributed by atoms with Crippen molar-refractivity contribution in [3.05, 3.63) is 23.5 Å². The van der Waals surface area contributed by atoms with Gasteiger partial charge < -0.3 is 5.32 Å². The first kappa shape index (κ1) is 10.5. The standard InChI is InChI=1S/C11H15N3S/c1-7-4-5-10(9(3)13-7)14-11-12-6-8(2)15-11/h4-5,8H,6H2,1-3H3,(H,12,14). The number of aryl methyl sites for hydroxylation is 2. The summed E-state index contributed by atoms with van der Waals surface area (Å²) in [5.41, 5.74) is 3.13. The van der Waals surface area contributed by atoms with E-state index < -0.39 is 0 Å². The molecule has 1 aromatic rings. The molecule has 4 heteroatoms. The van der Waals surface area contributed by atoms with Gasteiger partial charge in [-0.05, 0) is 26.0 Å². The van der Waals surface area contributed by atoms with Crippen molar-refractivity contribution >= 4 is 22.6 Å². The Bertz CT molecular complexity index is 401. The second-order valence-corrected chi connectivity index (χ2v) is 5.21. The Morgan fingerprint density at radius 1 is 1.40 bits per heavy atom. The SMILES string of the molecule is Cc1ccc(NC2=NCC(C)S2)c(C)n1. The maximum atomic E-state index is 4.42. The Kier molecular flexibility index (Phi) is 2.95. The largest absolute Gasteiger partial charge is 0.333 e. The lowest BCUT2D eigenvalue weighted by Gasteiger charge is -2.08. The van der Waals surface area contributed by atoms with Crippen molar-refractivity contribution in [2.45, 2.75) is 26.0 Å². The fourth-order valence-corrected chi connectivity index (χ4v) is 2.33. The van der Waals surface area contributed by atoms with Gasteiger partial charge in [0.05, 0.1) is 17.9 Å². The molecule has 0 aromatic carbocycles. The zero-order chi connectivity index (χ0) is 10.8. The highest BCUT2D eigenvalue weighted by molar-refractivity contribution is 8.15. The Morgan fingerprint density at radius 3 is 2.80 bits per heavy atom. The minimum atomic E-state index is 0.589. The van der Waals surface area contributed by atoms with E-state index >= 15 is 0 Å². The molecular formula is C11H15N3S. The van der Waals surface area contributed by atoms with Gasteiger partial charge in [-0.1, -0.05) is 18.7 Å². The lowest BCUT2D eigenvalue weighted by atomic mass is 10.3. The zero-order valence-corrected chi connectivity index (χ0v) is 10.1. The quantitative estimate of drug-likeness (QED) is 0.792. The lowest BCUT2D eigenvalue weighted by molar-refractivity contribution is 0.976. The molecule has 0 saturated heterocycles. The number of nitrogens with one attached hydrogen (secondary N) is 1. The smallest absolute Gasteiger partial charge is 0.161 e. The molecule has 0 radical (unpaired) electrons. The van der Waals surface area contributed by atoms with Gasteiger partial charge in [-0.25, -0.2) is 0 Å². The Balaban J connectivity index is 2.11. The molecule has 0 spiro atoms. The van der Waals surface area contributed by atoms with E-state index in [2.05, 4.69) is 28.3 Å². The highest BCUT2D eigenvalue weighted by Gasteiger charge is 2.15. The Hall–Kier alpha value is -1.03. The van der Waals surface area contributed by atoms with E-state index in [4.69, 9.17) is 0 Å². The molecule has 0 aliphatic carbocycles. The molecule has 0 bridgehead atoms. The summed E-state index contributed by atoms with van der Waals surface area (Å²) in [5, 5.41) is 4.92. The third-order valence-electron chi connectivity index (χ3n) is 2.27. The number of hydrogen-bond donors (Lipinski definition) is 1. The summed E-state index contributed by atoms with van der Waals surface area (Å²) in [4.78, 5) is 8.82. The van der Waals surface area contributed by atoms with Crippen LogP contribution in [0.3, 0.4) is 0 Å². The molecule has 0 saturated carbocycles. The van der Waals surface area contributed by atoms with E-state index in [1.165, 1.54) is 0 Å². The molecule has 0 amide bonds. The summed E-state index contributed by atoms with van der Waals surface area (Å²) < 4.78 is 0. The van der Waals surface area contributed by atoms with Crippen LogP contribution in [-0.2, 0) is 0 Å². The molecule has 3 nitrogen and oxygen atoms in total. The number of anilines is 1. The monoisotopic (exact) mass is 221 g/mol.